The van der Waals surface area contributed by atoms with E-state index in [1.54, 1.807) is 0 Å². The summed E-state index contributed by atoms with van der Waals surface area (Å²) in [4.78, 5) is 33.9. The first kappa shape index (κ1) is 20.3. The number of carbonyl (C=O) groups is 3. The van der Waals surface area contributed by atoms with Gasteiger partial charge in [0, 0.05) is 42.1 Å². The molecule has 9 heteroatoms. The van der Waals surface area contributed by atoms with Crippen LogP contribution in [0.2, 0.25) is 0 Å². The van der Waals surface area contributed by atoms with E-state index in [9.17, 15) is 14.4 Å². The topological polar surface area (TPSA) is 107 Å². The van der Waals surface area contributed by atoms with E-state index < -0.39 is 48.9 Å². The van der Waals surface area contributed by atoms with Crippen LogP contribution in [0.15, 0.2) is 0 Å². The third kappa shape index (κ3) is 8.23. The van der Waals surface area contributed by atoms with Gasteiger partial charge in [-0.15, -0.1) is 0 Å². The summed E-state index contributed by atoms with van der Waals surface area (Å²) in [6.45, 7) is 1.96. The van der Waals surface area contributed by atoms with Crippen molar-refractivity contribution in [1.82, 2.24) is 0 Å². The fourth-order valence-electron chi connectivity index (χ4n) is 2.00. The Kier molecular flexibility index (Phi) is 9.97. The molecule has 0 amide bonds. The van der Waals surface area contributed by atoms with Gasteiger partial charge in [-0.3, -0.25) is 14.4 Å². The predicted octanol–water partition coefficient (Wildman–Crippen LogP) is 0.0893. The molecular formula is C15H26O9. The van der Waals surface area contributed by atoms with E-state index in [0.29, 0.717) is 0 Å². The highest BCUT2D eigenvalue weighted by molar-refractivity contribution is 5.67. The quantitative estimate of drug-likeness (QED) is 0.378. The Morgan fingerprint density at radius 3 is 1.79 bits per heavy atom. The molecule has 0 heterocycles. The minimum Gasteiger partial charge on any atom is -0.463 e. The molecular weight excluding hydrogens is 324 g/mol. The smallest absolute Gasteiger partial charge is 0.303 e. The molecule has 0 rings (SSSR count). The molecule has 0 saturated heterocycles. The number of rotatable bonds is 11. The van der Waals surface area contributed by atoms with Crippen molar-refractivity contribution in [3.05, 3.63) is 0 Å². The first-order chi connectivity index (χ1) is 11.7. The van der Waals surface area contributed by atoms with Crippen LogP contribution < -0.4 is 0 Å². The van der Waals surface area contributed by atoms with Crippen LogP contribution in [-0.4, -0.2) is 76.8 Å². The Morgan fingerprint density at radius 2 is 1.42 bits per heavy atom. The van der Waals surface area contributed by atoms with Crippen LogP contribution >= 0.6 is 0 Å². The maximum atomic E-state index is 11.5. The largest absolute Gasteiger partial charge is 0.463 e. The summed E-state index contributed by atoms with van der Waals surface area (Å²) in [7, 11) is 3.96. The Morgan fingerprint density at radius 1 is 0.833 bits per heavy atom. The van der Waals surface area contributed by atoms with E-state index in [2.05, 4.69) is 0 Å². The highest BCUT2D eigenvalue weighted by Gasteiger charge is 2.40. The highest BCUT2D eigenvalue weighted by Crippen LogP contribution is 2.18. The van der Waals surface area contributed by atoms with Crippen LogP contribution in [0.4, 0.5) is 0 Å². The minimum atomic E-state index is -1.45. The summed E-state index contributed by atoms with van der Waals surface area (Å²) in [6.07, 6.45) is -4.36. The zero-order valence-corrected chi connectivity index (χ0v) is 14.8. The highest BCUT2D eigenvalue weighted by atomic mass is 16.6. The Labute approximate surface area is 142 Å². The zero-order chi connectivity index (χ0) is 19.6. The molecule has 0 bridgehead atoms. The second kappa shape index (κ2) is 11.8. The van der Waals surface area contributed by atoms with E-state index >= 15 is 0 Å². The number of carbonyl (C=O) groups excluding carboxylic acids is 3. The molecule has 0 aliphatic heterocycles. The monoisotopic (exact) mass is 351 g/mol. The molecule has 0 aliphatic rings. The van der Waals surface area contributed by atoms with Gasteiger partial charge in [0.05, 0.1) is 7.98 Å². The van der Waals surface area contributed by atoms with E-state index in [1.807, 2.05) is 0 Å². The maximum absolute atomic E-state index is 11.5. The summed E-state index contributed by atoms with van der Waals surface area (Å²) >= 11 is 0. The lowest BCUT2D eigenvalue weighted by Gasteiger charge is -2.34. The second-order valence-corrected chi connectivity index (χ2v) is 4.82. The molecule has 24 heavy (non-hydrogen) atoms. The van der Waals surface area contributed by atoms with Gasteiger partial charge in [0.2, 0.25) is 0 Å². The van der Waals surface area contributed by atoms with Gasteiger partial charge >= 0.3 is 17.9 Å². The number of esters is 3. The molecule has 5 atom stereocenters. The first-order valence-corrected chi connectivity index (χ1v) is 7.16. The molecule has 0 N–H and O–H groups in total. The van der Waals surface area contributed by atoms with Gasteiger partial charge in [-0.1, -0.05) is 0 Å². The van der Waals surface area contributed by atoms with Gasteiger partial charge in [-0.2, -0.15) is 0 Å². The summed E-state index contributed by atoms with van der Waals surface area (Å²) in [5.41, 5.74) is 0. The minimum absolute atomic E-state index is 0.0932. The fraction of sp³-hybridized carbons (Fsp3) is 0.800. The molecule has 0 aromatic rings. The molecule has 0 aliphatic carbocycles. The number of hydrogen-bond acceptors (Lipinski definition) is 9. The SMILES string of the molecule is [2H]C(OC(C)=O)[C@H](OC)[C@@H](OC)[C@H](OC(C)=O)[C@@H](COC)OC(C)=O. The Bertz CT molecular complexity index is 443. The van der Waals surface area contributed by atoms with Crippen molar-refractivity contribution < 1.29 is 44.2 Å². The molecule has 0 spiro atoms. The van der Waals surface area contributed by atoms with Crippen molar-refractivity contribution in [2.24, 2.45) is 0 Å². The molecule has 140 valence electrons. The Balaban J connectivity index is 5.67. The average molecular weight is 351 g/mol. The van der Waals surface area contributed by atoms with Crippen molar-refractivity contribution in [2.75, 3.05) is 34.5 Å². The number of hydrogen-bond donors (Lipinski definition) is 0. The molecule has 0 aromatic heterocycles. The van der Waals surface area contributed by atoms with Crippen molar-refractivity contribution in [2.45, 2.75) is 45.2 Å². The van der Waals surface area contributed by atoms with Crippen molar-refractivity contribution >= 4 is 17.9 Å². The predicted molar refractivity (Wildman–Crippen MR) is 81.2 cm³/mol. The molecule has 0 aromatic carbocycles. The third-order valence-corrected chi connectivity index (χ3v) is 2.88. The molecule has 0 fully saturated rings. The first-order valence-electron chi connectivity index (χ1n) is 7.74. The maximum Gasteiger partial charge on any atom is 0.303 e. The van der Waals surface area contributed by atoms with Gasteiger partial charge in [0.25, 0.3) is 0 Å². The van der Waals surface area contributed by atoms with Crippen LogP contribution in [-0.2, 0) is 42.8 Å². The average Bonchev–Trinajstić information content (AvgIpc) is 2.48. The second-order valence-electron chi connectivity index (χ2n) is 4.82. The van der Waals surface area contributed by atoms with E-state index in [4.69, 9.17) is 29.8 Å². The lowest BCUT2D eigenvalue weighted by molar-refractivity contribution is -0.196. The lowest BCUT2D eigenvalue weighted by atomic mass is 10.0. The Hall–Kier alpha value is -1.71. The fourth-order valence-corrected chi connectivity index (χ4v) is 2.00. The third-order valence-electron chi connectivity index (χ3n) is 2.88. The summed E-state index contributed by atoms with van der Waals surface area (Å²) in [6, 6.07) is 0. The summed E-state index contributed by atoms with van der Waals surface area (Å²) in [5, 5.41) is 0. The molecule has 9 nitrogen and oxygen atoms in total. The number of methoxy groups -OCH3 is 3. The van der Waals surface area contributed by atoms with E-state index in [-0.39, 0.29) is 6.61 Å². The van der Waals surface area contributed by atoms with Gasteiger partial charge in [-0.25, -0.2) is 0 Å². The van der Waals surface area contributed by atoms with Gasteiger partial charge in [0.1, 0.15) is 18.8 Å². The van der Waals surface area contributed by atoms with Crippen molar-refractivity contribution in [1.29, 1.82) is 0 Å². The van der Waals surface area contributed by atoms with E-state index in [1.165, 1.54) is 35.2 Å². The van der Waals surface area contributed by atoms with E-state index in [0.717, 1.165) is 6.92 Å². The standard InChI is InChI=1S/C15H26O9/c1-9(16)22-8-12(20-5)14(21-6)15(24-11(3)18)13(7-19-4)23-10(2)17/h12-15H,7-8H2,1-6H3/t12-,13+,14+,15+/m0/s1/i8D/t8?,12-,13+,14+,15+. The molecule has 0 saturated carbocycles. The summed E-state index contributed by atoms with van der Waals surface area (Å²) in [5.74, 6) is -1.97. The van der Waals surface area contributed by atoms with Crippen molar-refractivity contribution in [3.63, 3.8) is 0 Å². The van der Waals surface area contributed by atoms with Crippen LogP contribution in [0, 0.1) is 0 Å². The van der Waals surface area contributed by atoms with Crippen LogP contribution in [0.3, 0.4) is 0 Å². The summed E-state index contributed by atoms with van der Waals surface area (Å²) < 4.78 is 38.6. The number of ether oxygens (including phenoxy) is 6. The van der Waals surface area contributed by atoms with Crippen LogP contribution in [0.5, 0.6) is 0 Å². The van der Waals surface area contributed by atoms with Crippen LogP contribution in [0.1, 0.15) is 22.1 Å². The molecule has 1 unspecified atom stereocenters. The van der Waals surface area contributed by atoms with Gasteiger partial charge in [0.15, 0.2) is 12.2 Å². The van der Waals surface area contributed by atoms with Crippen LogP contribution in [0.25, 0.3) is 0 Å². The van der Waals surface area contributed by atoms with Gasteiger partial charge in [-0.05, 0) is 0 Å². The zero-order valence-electron chi connectivity index (χ0n) is 15.8. The normalized spacial score (nSPS) is 17.7. The molecule has 0 radical (unpaired) electrons. The van der Waals surface area contributed by atoms with Gasteiger partial charge < -0.3 is 28.4 Å². The lowest BCUT2D eigenvalue weighted by Crippen LogP contribution is -2.52. The van der Waals surface area contributed by atoms with Crippen molar-refractivity contribution in [3.8, 4) is 0 Å².